The van der Waals surface area contributed by atoms with E-state index in [0.29, 0.717) is 4.90 Å². The molecule has 5 rings (SSSR count). The fourth-order valence-electron chi connectivity index (χ4n) is 5.03. The van der Waals surface area contributed by atoms with Crippen molar-refractivity contribution in [2.75, 3.05) is 0 Å². The number of hydrogen-bond acceptors (Lipinski definition) is 3. The molecule has 0 saturated carbocycles. The smallest absolute Gasteiger partial charge is 0.243 e. The van der Waals surface area contributed by atoms with Gasteiger partial charge >= 0.3 is 0 Å². The molecule has 0 amide bonds. The van der Waals surface area contributed by atoms with E-state index in [9.17, 15) is 8.42 Å². The van der Waals surface area contributed by atoms with Crippen molar-refractivity contribution < 1.29 is 13.2 Å². The van der Waals surface area contributed by atoms with Crippen LogP contribution in [-0.4, -0.2) is 36.5 Å². The van der Waals surface area contributed by atoms with Crippen molar-refractivity contribution in [3.8, 4) is 0 Å². The Bertz CT molecular complexity index is 697. The summed E-state index contributed by atoms with van der Waals surface area (Å²) in [6, 6.07) is 7.49. The molecule has 5 heteroatoms. The van der Waals surface area contributed by atoms with Crippen molar-refractivity contribution in [3.63, 3.8) is 0 Å². The van der Waals surface area contributed by atoms with Crippen LogP contribution in [0.3, 0.4) is 0 Å². The molecule has 0 aromatic heterocycles. The first-order valence-electron chi connectivity index (χ1n) is 9.21. The number of unbranched alkanes of at least 4 members (excludes halogenated alkanes) is 1. The first-order valence-corrected chi connectivity index (χ1v) is 10.7. The lowest BCUT2D eigenvalue weighted by molar-refractivity contribution is -0.224. The second-order valence-corrected chi connectivity index (χ2v) is 9.70. The SMILES string of the molecule is CCCCC12CC3CC(CC(C1)N3S(=O)(=O)c1ccc(C)cc1)O2. The quantitative estimate of drug-likeness (QED) is 0.815. The summed E-state index contributed by atoms with van der Waals surface area (Å²) in [5, 5.41) is 0. The Balaban J connectivity index is 1.63. The molecule has 4 nitrogen and oxygen atoms in total. The zero-order valence-electron chi connectivity index (χ0n) is 14.6. The highest BCUT2D eigenvalue weighted by atomic mass is 32.2. The Labute approximate surface area is 145 Å². The predicted octanol–water partition coefficient (Wildman–Crippen LogP) is 3.64. The van der Waals surface area contributed by atoms with Crippen molar-refractivity contribution in [1.82, 2.24) is 4.31 Å². The van der Waals surface area contributed by atoms with Crippen LogP contribution in [0.2, 0.25) is 0 Å². The highest BCUT2D eigenvalue weighted by Gasteiger charge is 2.58. The van der Waals surface area contributed by atoms with Gasteiger partial charge in [0, 0.05) is 12.1 Å². The highest BCUT2D eigenvalue weighted by molar-refractivity contribution is 7.89. The van der Waals surface area contributed by atoms with Gasteiger partial charge in [0.15, 0.2) is 0 Å². The van der Waals surface area contributed by atoms with Crippen LogP contribution in [0.4, 0.5) is 0 Å². The normalized spacial score (nSPS) is 35.5. The summed E-state index contributed by atoms with van der Waals surface area (Å²) in [6.07, 6.45) is 7.10. The van der Waals surface area contributed by atoms with E-state index in [1.54, 1.807) is 12.1 Å². The second kappa shape index (κ2) is 5.82. The molecule has 4 saturated heterocycles. The number of sulfonamides is 1. The molecule has 132 valence electrons. The van der Waals surface area contributed by atoms with Gasteiger partial charge < -0.3 is 4.74 Å². The second-order valence-electron chi connectivity index (χ2n) is 7.86. The molecule has 0 radical (unpaired) electrons. The summed E-state index contributed by atoms with van der Waals surface area (Å²) in [5.41, 5.74) is 1.02. The third kappa shape index (κ3) is 2.61. The van der Waals surface area contributed by atoms with Crippen LogP contribution in [0, 0.1) is 6.92 Å². The first-order chi connectivity index (χ1) is 11.4. The van der Waals surface area contributed by atoms with Gasteiger partial charge in [-0.25, -0.2) is 8.42 Å². The summed E-state index contributed by atoms with van der Waals surface area (Å²) >= 11 is 0. The van der Waals surface area contributed by atoms with Gasteiger partial charge in [0.05, 0.1) is 16.6 Å². The van der Waals surface area contributed by atoms with Crippen molar-refractivity contribution in [1.29, 1.82) is 0 Å². The average Bonchev–Trinajstić information content (AvgIpc) is 2.52. The Morgan fingerprint density at radius 2 is 1.79 bits per heavy atom. The van der Waals surface area contributed by atoms with E-state index >= 15 is 0 Å². The van der Waals surface area contributed by atoms with Gasteiger partial charge in [-0.3, -0.25) is 0 Å². The molecule has 4 aliphatic heterocycles. The molecule has 1 aromatic carbocycles. The summed E-state index contributed by atoms with van der Waals surface area (Å²) in [5.74, 6) is 0. The molecule has 0 N–H and O–H groups in total. The van der Waals surface area contributed by atoms with Crippen LogP contribution in [0.5, 0.6) is 0 Å². The molecule has 2 atom stereocenters. The Morgan fingerprint density at radius 3 is 2.38 bits per heavy atom. The lowest BCUT2D eigenvalue weighted by Gasteiger charge is -2.60. The lowest BCUT2D eigenvalue weighted by atomic mass is 9.70. The van der Waals surface area contributed by atoms with Gasteiger partial charge in [0.25, 0.3) is 0 Å². The molecule has 4 bridgehead atoms. The van der Waals surface area contributed by atoms with E-state index < -0.39 is 10.0 Å². The van der Waals surface area contributed by atoms with Crippen molar-refractivity contribution in [3.05, 3.63) is 29.8 Å². The van der Waals surface area contributed by atoms with Gasteiger partial charge in [0.2, 0.25) is 10.0 Å². The summed E-state index contributed by atoms with van der Waals surface area (Å²) in [4.78, 5) is 0.434. The van der Waals surface area contributed by atoms with E-state index in [-0.39, 0.29) is 23.8 Å². The molecule has 1 aromatic rings. The van der Waals surface area contributed by atoms with Crippen LogP contribution < -0.4 is 0 Å². The largest absolute Gasteiger partial charge is 0.372 e. The maximum absolute atomic E-state index is 13.2. The number of benzene rings is 1. The monoisotopic (exact) mass is 349 g/mol. The Kier molecular flexibility index (Phi) is 4.01. The van der Waals surface area contributed by atoms with Crippen molar-refractivity contribution in [2.45, 2.75) is 87.5 Å². The fraction of sp³-hybridized carbons (Fsp3) is 0.684. The minimum absolute atomic E-state index is 0.0637. The molecular formula is C19H27NO3S. The summed E-state index contributed by atoms with van der Waals surface area (Å²) in [7, 11) is -3.41. The van der Waals surface area contributed by atoms with E-state index in [4.69, 9.17) is 4.74 Å². The Morgan fingerprint density at radius 1 is 1.17 bits per heavy atom. The van der Waals surface area contributed by atoms with Crippen LogP contribution in [-0.2, 0) is 14.8 Å². The predicted molar refractivity (Wildman–Crippen MR) is 93.4 cm³/mol. The number of nitrogens with zero attached hydrogens (tertiary/aromatic N) is 1. The molecular weight excluding hydrogens is 322 g/mol. The van der Waals surface area contributed by atoms with Crippen LogP contribution >= 0.6 is 0 Å². The summed E-state index contributed by atoms with van der Waals surface area (Å²) in [6.45, 7) is 4.18. The fourth-order valence-corrected chi connectivity index (χ4v) is 6.86. The van der Waals surface area contributed by atoms with Gasteiger partial charge in [0.1, 0.15) is 0 Å². The maximum Gasteiger partial charge on any atom is 0.243 e. The molecule has 4 aliphatic rings. The Hall–Kier alpha value is -0.910. The first kappa shape index (κ1) is 16.6. The van der Waals surface area contributed by atoms with Gasteiger partial charge in [-0.1, -0.05) is 37.5 Å². The molecule has 2 unspecified atom stereocenters. The zero-order valence-corrected chi connectivity index (χ0v) is 15.4. The number of rotatable bonds is 5. The number of hydrogen-bond donors (Lipinski definition) is 0. The molecule has 0 aliphatic carbocycles. The standard InChI is InChI=1S/C19H27NO3S/c1-3-4-9-19-12-15-10-17(23-19)11-16(13-19)20(15)24(21,22)18-7-5-14(2)6-8-18/h5-8,15-17H,3-4,9-13H2,1-2H3. The molecule has 4 heterocycles. The molecule has 0 spiro atoms. The number of aryl methyl sites for hydroxylation is 1. The molecule has 4 fully saturated rings. The highest BCUT2D eigenvalue weighted by Crippen LogP contribution is 2.52. The average molecular weight is 349 g/mol. The van der Waals surface area contributed by atoms with Gasteiger partial charge in [-0.2, -0.15) is 4.31 Å². The van der Waals surface area contributed by atoms with Crippen molar-refractivity contribution >= 4 is 10.0 Å². The van der Waals surface area contributed by atoms with Crippen LogP contribution in [0.15, 0.2) is 29.2 Å². The third-order valence-corrected chi connectivity index (χ3v) is 8.02. The van der Waals surface area contributed by atoms with E-state index in [1.807, 2.05) is 23.4 Å². The van der Waals surface area contributed by atoms with E-state index in [0.717, 1.165) is 50.5 Å². The van der Waals surface area contributed by atoms with Gasteiger partial charge in [-0.15, -0.1) is 0 Å². The van der Waals surface area contributed by atoms with E-state index in [1.165, 1.54) is 0 Å². The van der Waals surface area contributed by atoms with Crippen LogP contribution in [0.25, 0.3) is 0 Å². The lowest BCUT2D eigenvalue weighted by Crippen LogP contribution is -2.68. The number of ether oxygens (including phenoxy) is 1. The summed E-state index contributed by atoms with van der Waals surface area (Å²) < 4.78 is 34.7. The maximum atomic E-state index is 13.2. The van der Waals surface area contributed by atoms with E-state index in [2.05, 4.69) is 6.92 Å². The molecule has 24 heavy (non-hydrogen) atoms. The zero-order chi connectivity index (χ0) is 16.9. The van der Waals surface area contributed by atoms with Gasteiger partial charge in [-0.05, 0) is 51.2 Å². The topological polar surface area (TPSA) is 46.6 Å². The van der Waals surface area contributed by atoms with Crippen LogP contribution in [0.1, 0.15) is 57.4 Å². The minimum atomic E-state index is -3.41. The third-order valence-electron chi connectivity index (χ3n) is 6.00. The minimum Gasteiger partial charge on any atom is -0.372 e. The number of piperidine rings is 2. The van der Waals surface area contributed by atoms with Crippen molar-refractivity contribution in [2.24, 2.45) is 0 Å².